The number of guanidine groups is 1. The number of aromatic nitrogens is 1. The Morgan fingerprint density at radius 1 is 1.56 bits per heavy atom. The molecule has 0 aliphatic rings. The fourth-order valence-corrected chi connectivity index (χ4v) is 2.79. The highest BCUT2D eigenvalue weighted by atomic mass is 127. The van der Waals surface area contributed by atoms with Crippen molar-refractivity contribution >= 4 is 53.0 Å². The van der Waals surface area contributed by atoms with E-state index < -0.39 is 0 Å². The first-order valence-electron chi connectivity index (χ1n) is 5.89. The number of hydrogen-bond acceptors (Lipinski definition) is 4. The number of rotatable bonds is 8. The second-order valence-electron chi connectivity index (χ2n) is 3.55. The Kier molecular flexibility index (Phi) is 12.0. The minimum absolute atomic E-state index is 0. The van der Waals surface area contributed by atoms with Gasteiger partial charge in [0.2, 0.25) is 0 Å². The van der Waals surface area contributed by atoms with Gasteiger partial charge in [0.25, 0.3) is 0 Å². The third-order valence-corrected chi connectivity index (χ3v) is 4.11. The molecular weight excluding hydrogens is 379 g/mol. The molecular formula is C11H21IN4S2. The van der Waals surface area contributed by atoms with Crippen LogP contribution >= 0.6 is 47.1 Å². The molecule has 0 aromatic carbocycles. The van der Waals surface area contributed by atoms with Crippen molar-refractivity contribution in [2.45, 2.75) is 30.5 Å². The van der Waals surface area contributed by atoms with Gasteiger partial charge in [-0.25, -0.2) is 4.98 Å². The van der Waals surface area contributed by atoms with Gasteiger partial charge in [-0.3, -0.25) is 4.99 Å². The maximum absolute atomic E-state index is 5.71. The van der Waals surface area contributed by atoms with Crippen molar-refractivity contribution in [3.63, 3.8) is 0 Å². The van der Waals surface area contributed by atoms with Gasteiger partial charge < -0.3 is 11.1 Å². The zero-order valence-electron chi connectivity index (χ0n) is 10.6. The van der Waals surface area contributed by atoms with Crippen molar-refractivity contribution < 1.29 is 0 Å². The Morgan fingerprint density at radius 3 is 3.06 bits per heavy atom. The fourth-order valence-electron chi connectivity index (χ4n) is 1.15. The molecule has 4 nitrogen and oxygen atoms in total. The monoisotopic (exact) mass is 400 g/mol. The van der Waals surface area contributed by atoms with E-state index in [1.54, 1.807) is 23.1 Å². The minimum Gasteiger partial charge on any atom is -0.370 e. The predicted octanol–water partition coefficient (Wildman–Crippen LogP) is 2.95. The fraction of sp³-hybridized carbons (Fsp3) is 0.636. The lowest BCUT2D eigenvalue weighted by Crippen LogP contribution is -2.32. The second kappa shape index (κ2) is 12.0. The Balaban J connectivity index is 0.00000289. The van der Waals surface area contributed by atoms with Crippen LogP contribution < -0.4 is 11.1 Å². The lowest BCUT2D eigenvalue weighted by molar-refractivity contribution is 0.747. The molecule has 104 valence electrons. The number of thiazole rings is 1. The zero-order valence-corrected chi connectivity index (χ0v) is 14.6. The lowest BCUT2D eigenvalue weighted by Gasteiger charge is -2.03. The van der Waals surface area contributed by atoms with E-state index >= 15 is 0 Å². The molecule has 0 aliphatic carbocycles. The third kappa shape index (κ3) is 8.98. The Morgan fingerprint density at radius 2 is 2.39 bits per heavy atom. The summed E-state index contributed by atoms with van der Waals surface area (Å²) >= 11 is 3.46. The molecule has 1 aromatic rings. The van der Waals surface area contributed by atoms with Crippen LogP contribution in [0.5, 0.6) is 0 Å². The number of halogens is 1. The number of aliphatic imine (C=N–C) groups is 1. The van der Waals surface area contributed by atoms with Gasteiger partial charge in [0.1, 0.15) is 4.34 Å². The number of unbranched alkanes of at least 4 members (excludes halogenated alkanes) is 1. The van der Waals surface area contributed by atoms with Crippen LogP contribution in [0.3, 0.4) is 0 Å². The first kappa shape index (κ1) is 18.0. The highest BCUT2D eigenvalue weighted by Crippen LogP contribution is 2.20. The summed E-state index contributed by atoms with van der Waals surface area (Å²) in [5.74, 6) is 1.61. The van der Waals surface area contributed by atoms with Crippen molar-refractivity contribution in [2.75, 3.05) is 18.8 Å². The van der Waals surface area contributed by atoms with E-state index in [2.05, 4.69) is 22.2 Å². The number of nitrogens with zero attached hydrogens (tertiary/aromatic N) is 2. The number of hydrogen-bond donors (Lipinski definition) is 2. The van der Waals surface area contributed by atoms with Crippen molar-refractivity contribution in [3.8, 4) is 0 Å². The van der Waals surface area contributed by atoms with E-state index in [1.165, 1.54) is 6.42 Å². The van der Waals surface area contributed by atoms with Gasteiger partial charge in [-0.15, -0.1) is 35.3 Å². The standard InChI is InChI=1S/C11H20N4S2.HI/c1-2-3-5-13-10(12)14-6-4-8-16-11-15-7-9-17-11;/h7,9H,2-6,8H2,1H3,(H3,12,13,14);1H. The summed E-state index contributed by atoms with van der Waals surface area (Å²) in [6.45, 7) is 3.86. The van der Waals surface area contributed by atoms with Crippen LogP contribution in [0.1, 0.15) is 26.2 Å². The average molecular weight is 400 g/mol. The van der Waals surface area contributed by atoms with Gasteiger partial charge in [0.05, 0.1) is 0 Å². The van der Waals surface area contributed by atoms with Gasteiger partial charge >= 0.3 is 0 Å². The van der Waals surface area contributed by atoms with E-state index in [9.17, 15) is 0 Å². The summed E-state index contributed by atoms with van der Waals surface area (Å²) in [5.41, 5.74) is 5.71. The molecule has 0 radical (unpaired) electrons. The normalized spacial score (nSPS) is 11.1. The minimum atomic E-state index is 0. The van der Waals surface area contributed by atoms with Crippen LogP contribution in [0.15, 0.2) is 20.9 Å². The average Bonchev–Trinajstić information content (AvgIpc) is 2.82. The van der Waals surface area contributed by atoms with Crippen LogP contribution in [0.25, 0.3) is 0 Å². The van der Waals surface area contributed by atoms with Crippen LogP contribution in [-0.2, 0) is 0 Å². The molecule has 1 heterocycles. The van der Waals surface area contributed by atoms with Gasteiger partial charge in [-0.2, -0.15) is 0 Å². The SMILES string of the molecule is CCCCNC(N)=NCCCSc1nccs1.I. The van der Waals surface area contributed by atoms with Gasteiger partial charge in [-0.1, -0.05) is 25.1 Å². The van der Waals surface area contributed by atoms with E-state index in [0.29, 0.717) is 5.96 Å². The predicted molar refractivity (Wildman–Crippen MR) is 92.3 cm³/mol. The molecule has 0 amide bonds. The summed E-state index contributed by atoms with van der Waals surface area (Å²) in [7, 11) is 0. The summed E-state index contributed by atoms with van der Waals surface area (Å²) in [5, 5.41) is 5.09. The molecule has 0 saturated heterocycles. The maximum Gasteiger partial charge on any atom is 0.188 e. The van der Waals surface area contributed by atoms with Crippen LogP contribution in [0.2, 0.25) is 0 Å². The molecule has 1 rings (SSSR count). The van der Waals surface area contributed by atoms with Gasteiger partial charge in [0.15, 0.2) is 5.96 Å². The van der Waals surface area contributed by atoms with Gasteiger partial charge in [0, 0.05) is 30.4 Å². The molecule has 0 atom stereocenters. The van der Waals surface area contributed by atoms with Gasteiger partial charge in [-0.05, 0) is 12.8 Å². The van der Waals surface area contributed by atoms with E-state index in [0.717, 1.165) is 36.0 Å². The number of thioether (sulfide) groups is 1. The molecule has 0 saturated carbocycles. The Bertz CT molecular complexity index is 317. The van der Waals surface area contributed by atoms with Crippen molar-refractivity contribution in [2.24, 2.45) is 10.7 Å². The van der Waals surface area contributed by atoms with Crippen molar-refractivity contribution in [1.82, 2.24) is 10.3 Å². The van der Waals surface area contributed by atoms with Crippen LogP contribution in [-0.4, -0.2) is 29.8 Å². The summed E-state index contributed by atoms with van der Waals surface area (Å²) in [6.07, 6.45) is 5.17. The van der Waals surface area contributed by atoms with E-state index in [-0.39, 0.29) is 24.0 Å². The smallest absolute Gasteiger partial charge is 0.188 e. The van der Waals surface area contributed by atoms with Crippen molar-refractivity contribution in [1.29, 1.82) is 0 Å². The largest absolute Gasteiger partial charge is 0.370 e. The topological polar surface area (TPSA) is 63.3 Å². The molecule has 0 aliphatic heterocycles. The lowest BCUT2D eigenvalue weighted by atomic mass is 10.3. The zero-order chi connectivity index (χ0) is 12.3. The Hall–Kier alpha value is -0.0200. The highest BCUT2D eigenvalue weighted by Gasteiger charge is 1.95. The molecule has 0 fully saturated rings. The number of nitrogens with one attached hydrogen (secondary N) is 1. The highest BCUT2D eigenvalue weighted by molar-refractivity contribution is 14.0. The number of nitrogens with two attached hydrogens (primary N) is 1. The Labute approximate surface area is 134 Å². The second-order valence-corrected chi connectivity index (χ2v) is 5.78. The van der Waals surface area contributed by atoms with Crippen LogP contribution in [0, 0.1) is 0 Å². The molecule has 18 heavy (non-hydrogen) atoms. The summed E-state index contributed by atoms with van der Waals surface area (Å²) in [4.78, 5) is 8.48. The quantitative estimate of drug-likeness (QED) is 0.232. The third-order valence-electron chi connectivity index (χ3n) is 2.06. The van der Waals surface area contributed by atoms with Crippen molar-refractivity contribution in [3.05, 3.63) is 11.6 Å². The first-order valence-corrected chi connectivity index (χ1v) is 7.75. The van der Waals surface area contributed by atoms with E-state index in [4.69, 9.17) is 5.73 Å². The van der Waals surface area contributed by atoms with E-state index in [1.807, 2.05) is 11.6 Å². The molecule has 0 spiro atoms. The summed E-state index contributed by atoms with van der Waals surface area (Å²) in [6, 6.07) is 0. The molecule has 7 heteroatoms. The first-order chi connectivity index (χ1) is 8.33. The maximum atomic E-state index is 5.71. The van der Waals surface area contributed by atoms with Crippen LogP contribution in [0.4, 0.5) is 0 Å². The molecule has 0 bridgehead atoms. The molecule has 0 unspecified atom stereocenters. The molecule has 3 N–H and O–H groups in total. The summed E-state index contributed by atoms with van der Waals surface area (Å²) < 4.78 is 1.13. The molecule has 1 aromatic heterocycles.